The monoisotopic (exact) mass is 389 g/mol. The minimum atomic E-state index is -0.740. The lowest BCUT2D eigenvalue weighted by Gasteiger charge is -2.22. The van der Waals surface area contributed by atoms with Crippen molar-refractivity contribution in [2.24, 2.45) is 11.8 Å². The summed E-state index contributed by atoms with van der Waals surface area (Å²) in [6, 6.07) is 7.19. The third-order valence-electron chi connectivity index (χ3n) is 5.73. The normalized spacial score (nSPS) is 30.8. The second-order valence-corrected chi connectivity index (χ2v) is 7.97. The number of hydrogen-bond acceptors (Lipinski definition) is 4. The Morgan fingerprint density at radius 3 is 3.00 bits per heavy atom. The van der Waals surface area contributed by atoms with Crippen LogP contribution in [-0.4, -0.2) is 36.7 Å². The Bertz CT molecular complexity index is 779. The number of esters is 1. The maximum atomic E-state index is 13.2. The summed E-state index contributed by atoms with van der Waals surface area (Å²) in [5.41, 5.74) is -0.0147. The molecule has 5 nitrogen and oxygen atoms in total. The fourth-order valence-electron chi connectivity index (χ4n) is 4.43. The summed E-state index contributed by atoms with van der Waals surface area (Å²) >= 11 is 6.08. The van der Waals surface area contributed by atoms with Crippen LogP contribution in [0.3, 0.4) is 0 Å². The highest BCUT2D eigenvalue weighted by Gasteiger charge is 2.67. The van der Waals surface area contributed by atoms with Crippen LogP contribution >= 0.6 is 11.6 Å². The lowest BCUT2D eigenvalue weighted by molar-refractivity contribution is -0.152. The third-order valence-corrected chi connectivity index (χ3v) is 5.97. The van der Waals surface area contributed by atoms with Crippen LogP contribution in [0.15, 0.2) is 36.4 Å². The predicted octanol–water partition coefficient (Wildman–Crippen LogP) is 3.75. The summed E-state index contributed by atoms with van der Waals surface area (Å²) < 4.78 is 11.6. The molecule has 6 heteroatoms. The Hall–Kier alpha value is -1.85. The average Bonchev–Trinajstić information content (AvgIpc) is 3.30. The number of nitrogens with zero attached hydrogens (tertiary/aromatic N) is 1. The summed E-state index contributed by atoms with van der Waals surface area (Å²) in [7, 11) is 0. The number of unbranched alkanes of at least 4 members (excludes halogenated alkanes) is 3. The van der Waals surface area contributed by atoms with Crippen LogP contribution in [0.5, 0.6) is 0 Å². The van der Waals surface area contributed by atoms with E-state index in [0.29, 0.717) is 18.2 Å². The Balaban J connectivity index is 1.49. The number of hydrogen-bond donors (Lipinski definition) is 0. The summed E-state index contributed by atoms with van der Waals surface area (Å²) in [6.45, 7) is 2.93. The minimum Gasteiger partial charge on any atom is -0.465 e. The van der Waals surface area contributed by atoms with Gasteiger partial charge >= 0.3 is 5.97 Å². The van der Waals surface area contributed by atoms with Crippen LogP contribution in [0.4, 0.5) is 5.69 Å². The third kappa shape index (κ3) is 3.17. The highest BCUT2D eigenvalue weighted by molar-refractivity contribution is 6.31. The molecule has 2 saturated heterocycles. The molecule has 0 N–H and O–H groups in total. The van der Waals surface area contributed by atoms with Crippen LogP contribution in [-0.2, 0) is 19.1 Å². The van der Waals surface area contributed by atoms with Crippen LogP contribution in [0.2, 0.25) is 5.02 Å². The van der Waals surface area contributed by atoms with Crippen molar-refractivity contribution >= 4 is 29.2 Å². The van der Waals surface area contributed by atoms with Gasteiger partial charge in [0.25, 0.3) is 0 Å². The molecule has 4 atom stereocenters. The molecule has 0 aliphatic carbocycles. The molecule has 2 bridgehead atoms. The Kier molecular flexibility index (Phi) is 4.99. The average molecular weight is 390 g/mol. The molecule has 0 unspecified atom stereocenters. The number of amides is 1. The zero-order chi connectivity index (χ0) is 19.0. The first kappa shape index (κ1) is 18.5. The van der Waals surface area contributed by atoms with Gasteiger partial charge in [-0.3, -0.25) is 9.59 Å². The largest absolute Gasteiger partial charge is 0.465 e. The summed E-state index contributed by atoms with van der Waals surface area (Å²) in [4.78, 5) is 27.6. The summed E-state index contributed by atoms with van der Waals surface area (Å²) in [5, 5.41) is 0.568. The van der Waals surface area contributed by atoms with Gasteiger partial charge in [0.1, 0.15) is 11.5 Å². The van der Waals surface area contributed by atoms with E-state index in [0.717, 1.165) is 31.4 Å². The highest BCUT2D eigenvalue weighted by Crippen LogP contribution is 2.53. The molecule has 0 aromatic heterocycles. The minimum absolute atomic E-state index is 0.1000. The smallest absolute Gasteiger partial charge is 0.312 e. The molecule has 0 radical (unpaired) electrons. The molecule has 0 saturated carbocycles. The molecule has 27 heavy (non-hydrogen) atoms. The summed E-state index contributed by atoms with van der Waals surface area (Å²) in [6.07, 6.45) is 7.63. The van der Waals surface area contributed by atoms with E-state index < -0.39 is 17.4 Å². The van der Waals surface area contributed by atoms with E-state index in [4.69, 9.17) is 21.1 Å². The van der Waals surface area contributed by atoms with Gasteiger partial charge in [-0.15, -0.1) is 0 Å². The molecule has 1 aromatic carbocycles. The fraction of sp³-hybridized carbons (Fsp3) is 0.524. The van der Waals surface area contributed by atoms with E-state index in [9.17, 15) is 9.59 Å². The first-order chi connectivity index (χ1) is 13.1. The number of ether oxygens (including phenoxy) is 2. The van der Waals surface area contributed by atoms with Gasteiger partial charge in [-0.2, -0.15) is 0 Å². The van der Waals surface area contributed by atoms with E-state index >= 15 is 0 Å². The molecule has 1 amide bonds. The van der Waals surface area contributed by atoms with Crippen molar-refractivity contribution in [3.8, 4) is 0 Å². The van der Waals surface area contributed by atoms with Crippen LogP contribution in [0.1, 0.15) is 32.6 Å². The van der Waals surface area contributed by atoms with E-state index in [2.05, 4.69) is 6.92 Å². The molecule has 3 aliphatic heterocycles. The topological polar surface area (TPSA) is 55.8 Å². The van der Waals surface area contributed by atoms with Gasteiger partial charge in [-0.25, -0.2) is 0 Å². The molecule has 3 heterocycles. The maximum Gasteiger partial charge on any atom is 0.312 e. The van der Waals surface area contributed by atoms with Crippen molar-refractivity contribution < 1.29 is 19.1 Å². The van der Waals surface area contributed by atoms with Crippen molar-refractivity contribution in [2.45, 2.75) is 44.3 Å². The number of rotatable bonds is 7. The van der Waals surface area contributed by atoms with Gasteiger partial charge < -0.3 is 14.4 Å². The number of benzene rings is 1. The Labute approximate surface area is 164 Å². The first-order valence-electron chi connectivity index (χ1n) is 9.66. The fourth-order valence-corrected chi connectivity index (χ4v) is 4.61. The molecular weight excluding hydrogens is 366 g/mol. The zero-order valence-electron chi connectivity index (χ0n) is 15.4. The van der Waals surface area contributed by atoms with Crippen LogP contribution < -0.4 is 4.90 Å². The Morgan fingerprint density at radius 1 is 1.37 bits per heavy atom. The van der Waals surface area contributed by atoms with E-state index in [-0.39, 0.29) is 18.0 Å². The predicted molar refractivity (Wildman–Crippen MR) is 103 cm³/mol. The number of anilines is 1. The maximum absolute atomic E-state index is 13.2. The van der Waals surface area contributed by atoms with Gasteiger partial charge in [-0.1, -0.05) is 56.0 Å². The second-order valence-electron chi connectivity index (χ2n) is 7.53. The van der Waals surface area contributed by atoms with Gasteiger partial charge in [-0.05, 0) is 24.6 Å². The quantitative estimate of drug-likeness (QED) is 0.405. The van der Waals surface area contributed by atoms with E-state index in [1.807, 2.05) is 24.3 Å². The van der Waals surface area contributed by atoms with Gasteiger partial charge in [0.05, 0.1) is 25.2 Å². The van der Waals surface area contributed by atoms with Crippen molar-refractivity contribution in [1.29, 1.82) is 0 Å². The number of carbonyl (C=O) groups excluding carboxylic acids is 2. The van der Waals surface area contributed by atoms with Crippen LogP contribution in [0, 0.1) is 11.8 Å². The van der Waals surface area contributed by atoms with Crippen molar-refractivity contribution in [3.05, 3.63) is 41.4 Å². The van der Waals surface area contributed by atoms with E-state index in [1.165, 1.54) is 0 Å². The standard InChI is InChI=1S/C21H24ClNO4/c1-2-3-4-5-11-26-20(25)17-16-9-10-21(27-16)13-23(19(24)18(17)21)15-8-6-7-14(22)12-15/h6-10,12,16-18H,2-5,11,13H2,1H3/t16-,17-,18-,21+/m0/s1. The number of carbonyl (C=O) groups is 2. The Morgan fingerprint density at radius 2 is 2.22 bits per heavy atom. The van der Waals surface area contributed by atoms with Gasteiger partial charge in [0.15, 0.2) is 0 Å². The van der Waals surface area contributed by atoms with Crippen LogP contribution in [0.25, 0.3) is 0 Å². The van der Waals surface area contributed by atoms with Crippen molar-refractivity contribution in [1.82, 2.24) is 0 Å². The number of halogens is 1. The highest BCUT2D eigenvalue weighted by atomic mass is 35.5. The molecule has 1 spiro atoms. The second kappa shape index (κ2) is 7.28. The number of fused-ring (bicyclic) bond motifs is 1. The molecule has 3 aliphatic rings. The summed E-state index contributed by atoms with van der Waals surface area (Å²) in [5.74, 6) is -1.53. The molecular formula is C21H24ClNO4. The molecule has 4 rings (SSSR count). The van der Waals surface area contributed by atoms with Crippen molar-refractivity contribution in [2.75, 3.05) is 18.1 Å². The molecule has 144 valence electrons. The van der Waals surface area contributed by atoms with Gasteiger partial charge in [0.2, 0.25) is 5.91 Å². The zero-order valence-corrected chi connectivity index (χ0v) is 16.2. The van der Waals surface area contributed by atoms with E-state index in [1.54, 1.807) is 17.0 Å². The molecule has 2 fully saturated rings. The lowest BCUT2D eigenvalue weighted by Crippen LogP contribution is -2.40. The molecule has 1 aromatic rings. The van der Waals surface area contributed by atoms with Crippen molar-refractivity contribution in [3.63, 3.8) is 0 Å². The van der Waals surface area contributed by atoms with Gasteiger partial charge in [0, 0.05) is 10.7 Å². The first-order valence-corrected chi connectivity index (χ1v) is 10.0. The SMILES string of the molecule is CCCCCCOC(=O)[C@H]1[C@@H]2C=C[C@]3(CN(c4cccc(Cl)c4)C(=O)[C@H]13)O2. The lowest BCUT2D eigenvalue weighted by atomic mass is 9.77.